The first kappa shape index (κ1) is 20.4. The van der Waals surface area contributed by atoms with Crippen molar-refractivity contribution in [2.75, 3.05) is 35.2 Å². The van der Waals surface area contributed by atoms with Crippen LogP contribution in [0.4, 0.5) is 17.1 Å². The van der Waals surface area contributed by atoms with Gasteiger partial charge in [0.15, 0.2) is 0 Å². The monoisotopic (exact) mass is 409 g/mol. The normalized spacial score (nSPS) is 11.0. The fourth-order valence-electron chi connectivity index (χ4n) is 2.86. The van der Waals surface area contributed by atoms with E-state index in [0.717, 1.165) is 5.69 Å². The molecule has 0 atom stereocenters. The van der Waals surface area contributed by atoms with E-state index in [0.29, 0.717) is 11.4 Å². The highest BCUT2D eigenvalue weighted by atomic mass is 32.2. The van der Waals surface area contributed by atoms with Crippen LogP contribution in [0.1, 0.15) is 0 Å². The van der Waals surface area contributed by atoms with Gasteiger partial charge in [-0.3, -0.25) is 9.10 Å². The number of para-hydroxylation sites is 2. The van der Waals surface area contributed by atoms with E-state index in [1.165, 1.54) is 23.5 Å². The first-order valence-electron chi connectivity index (χ1n) is 9.08. The predicted octanol–water partition coefficient (Wildman–Crippen LogP) is 3.59. The van der Waals surface area contributed by atoms with Crippen LogP contribution in [0.25, 0.3) is 0 Å². The molecule has 3 rings (SSSR count). The summed E-state index contributed by atoms with van der Waals surface area (Å²) in [4.78, 5) is 14.3. The number of carbonyl (C=O) groups excluding carboxylic acids is 1. The molecule has 0 saturated heterocycles. The largest absolute Gasteiger partial charge is 0.365 e. The van der Waals surface area contributed by atoms with Gasteiger partial charge in [-0.1, -0.05) is 42.5 Å². The third-order valence-corrected chi connectivity index (χ3v) is 6.26. The van der Waals surface area contributed by atoms with Crippen molar-refractivity contribution in [2.45, 2.75) is 4.90 Å². The van der Waals surface area contributed by atoms with Crippen LogP contribution in [0.3, 0.4) is 0 Å². The van der Waals surface area contributed by atoms with Gasteiger partial charge in [0.2, 0.25) is 5.91 Å². The molecule has 1 amide bonds. The van der Waals surface area contributed by atoms with Gasteiger partial charge < -0.3 is 10.2 Å². The van der Waals surface area contributed by atoms with Crippen molar-refractivity contribution in [1.29, 1.82) is 0 Å². The van der Waals surface area contributed by atoms with Crippen molar-refractivity contribution in [2.24, 2.45) is 0 Å². The topological polar surface area (TPSA) is 69.7 Å². The van der Waals surface area contributed by atoms with Gasteiger partial charge in [-0.2, -0.15) is 0 Å². The number of rotatable bonds is 7. The molecule has 6 nitrogen and oxygen atoms in total. The van der Waals surface area contributed by atoms with E-state index in [1.807, 2.05) is 48.3 Å². The van der Waals surface area contributed by atoms with Gasteiger partial charge in [0.25, 0.3) is 10.0 Å². The summed E-state index contributed by atoms with van der Waals surface area (Å²) >= 11 is 0. The zero-order valence-corrected chi connectivity index (χ0v) is 17.1. The molecule has 1 N–H and O–H groups in total. The lowest BCUT2D eigenvalue weighted by Crippen LogP contribution is -2.30. The predicted molar refractivity (Wildman–Crippen MR) is 117 cm³/mol. The molecular weight excluding hydrogens is 386 g/mol. The average molecular weight is 410 g/mol. The van der Waals surface area contributed by atoms with Crippen molar-refractivity contribution in [3.8, 4) is 0 Å². The Labute approximate surface area is 171 Å². The number of sulfonamides is 1. The van der Waals surface area contributed by atoms with Crippen LogP contribution >= 0.6 is 0 Å². The van der Waals surface area contributed by atoms with Crippen LogP contribution < -0.4 is 14.5 Å². The molecule has 0 fully saturated rings. The third kappa shape index (κ3) is 4.94. The van der Waals surface area contributed by atoms with Crippen molar-refractivity contribution < 1.29 is 13.2 Å². The molecule has 150 valence electrons. The lowest BCUT2D eigenvalue weighted by atomic mass is 10.3. The molecule has 29 heavy (non-hydrogen) atoms. The molecule has 0 aliphatic carbocycles. The van der Waals surface area contributed by atoms with E-state index in [4.69, 9.17) is 0 Å². The van der Waals surface area contributed by atoms with E-state index in [-0.39, 0.29) is 17.3 Å². The number of nitrogens with one attached hydrogen (secondary N) is 1. The summed E-state index contributed by atoms with van der Waals surface area (Å²) in [5.41, 5.74) is 1.91. The van der Waals surface area contributed by atoms with Gasteiger partial charge in [-0.25, -0.2) is 8.42 Å². The Morgan fingerprint density at radius 1 is 0.828 bits per heavy atom. The van der Waals surface area contributed by atoms with Crippen molar-refractivity contribution in [3.05, 3.63) is 84.9 Å². The Morgan fingerprint density at radius 2 is 1.41 bits per heavy atom. The number of nitrogens with zero attached hydrogens (tertiary/aromatic N) is 2. The second-order valence-electron chi connectivity index (χ2n) is 6.58. The minimum atomic E-state index is -3.74. The Bertz CT molecular complexity index is 1070. The SMILES string of the molecule is CN(CC(=O)Nc1cccc(S(=O)(=O)N(C)c2ccccc2)c1)c1ccccc1. The summed E-state index contributed by atoms with van der Waals surface area (Å²) in [7, 11) is -0.416. The Hall–Kier alpha value is -3.32. The molecule has 0 heterocycles. The lowest BCUT2D eigenvalue weighted by Gasteiger charge is -2.20. The van der Waals surface area contributed by atoms with Gasteiger partial charge in [0.05, 0.1) is 17.1 Å². The van der Waals surface area contributed by atoms with Crippen LogP contribution in [-0.2, 0) is 14.8 Å². The maximum Gasteiger partial charge on any atom is 0.264 e. The molecule has 0 aliphatic heterocycles. The second kappa shape index (κ2) is 8.79. The van der Waals surface area contributed by atoms with Gasteiger partial charge >= 0.3 is 0 Å². The number of likely N-dealkylation sites (N-methyl/N-ethyl adjacent to an activating group) is 1. The molecule has 0 bridgehead atoms. The summed E-state index contributed by atoms with van der Waals surface area (Å²) in [5, 5.41) is 2.77. The smallest absolute Gasteiger partial charge is 0.264 e. The first-order chi connectivity index (χ1) is 13.9. The molecule has 3 aromatic carbocycles. The standard InChI is InChI=1S/C22H23N3O3S/c1-24(19-11-5-3-6-12-19)17-22(26)23-18-10-9-15-21(16-18)29(27,28)25(2)20-13-7-4-8-14-20/h3-16H,17H2,1-2H3,(H,23,26). The highest BCUT2D eigenvalue weighted by molar-refractivity contribution is 7.92. The van der Waals surface area contributed by atoms with Gasteiger partial charge in [0.1, 0.15) is 0 Å². The zero-order valence-electron chi connectivity index (χ0n) is 16.3. The zero-order chi connectivity index (χ0) is 20.9. The van der Waals surface area contributed by atoms with E-state index < -0.39 is 10.0 Å². The molecule has 0 aliphatic rings. The second-order valence-corrected chi connectivity index (χ2v) is 8.54. The van der Waals surface area contributed by atoms with Crippen molar-refractivity contribution in [3.63, 3.8) is 0 Å². The summed E-state index contributed by atoms with van der Waals surface area (Å²) in [6, 6.07) is 24.7. The Balaban J connectivity index is 1.73. The number of benzene rings is 3. The summed E-state index contributed by atoms with van der Waals surface area (Å²) in [6.45, 7) is 0.144. The van der Waals surface area contributed by atoms with E-state index in [1.54, 1.807) is 36.4 Å². The maximum absolute atomic E-state index is 12.9. The van der Waals surface area contributed by atoms with Crippen LogP contribution in [0.2, 0.25) is 0 Å². The first-order valence-corrected chi connectivity index (χ1v) is 10.5. The molecule has 0 radical (unpaired) electrons. The van der Waals surface area contributed by atoms with Gasteiger partial charge in [0, 0.05) is 25.5 Å². The molecule has 0 unspecified atom stereocenters. The van der Waals surface area contributed by atoms with Crippen molar-refractivity contribution in [1.82, 2.24) is 0 Å². The quantitative estimate of drug-likeness (QED) is 0.648. The molecule has 7 heteroatoms. The average Bonchev–Trinajstić information content (AvgIpc) is 2.74. The van der Waals surface area contributed by atoms with Crippen LogP contribution in [0, 0.1) is 0 Å². The Kier molecular flexibility index (Phi) is 6.19. The van der Waals surface area contributed by atoms with Crippen LogP contribution in [0.5, 0.6) is 0 Å². The number of carbonyl (C=O) groups is 1. The molecule has 0 saturated carbocycles. The highest BCUT2D eigenvalue weighted by Gasteiger charge is 2.21. The van der Waals surface area contributed by atoms with Crippen LogP contribution in [0.15, 0.2) is 89.8 Å². The molecular formula is C22H23N3O3S. The van der Waals surface area contributed by atoms with E-state index in [2.05, 4.69) is 5.32 Å². The lowest BCUT2D eigenvalue weighted by molar-refractivity contribution is -0.114. The summed E-state index contributed by atoms with van der Waals surface area (Å²) in [6.07, 6.45) is 0. The van der Waals surface area contributed by atoms with Crippen LogP contribution in [-0.4, -0.2) is 35.0 Å². The Morgan fingerprint density at radius 3 is 2.03 bits per heavy atom. The minimum Gasteiger partial charge on any atom is -0.365 e. The van der Waals surface area contributed by atoms with Crippen molar-refractivity contribution >= 4 is 33.0 Å². The fourth-order valence-corrected chi connectivity index (χ4v) is 4.10. The summed E-state index contributed by atoms with van der Waals surface area (Å²) in [5.74, 6) is -0.234. The molecule has 0 spiro atoms. The van der Waals surface area contributed by atoms with Gasteiger partial charge in [-0.15, -0.1) is 0 Å². The number of hydrogen-bond acceptors (Lipinski definition) is 4. The number of amides is 1. The maximum atomic E-state index is 12.9. The third-order valence-electron chi connectivity index (χ3n) is 4.47. The molecule has 3 aromatic rings. The minimum absolute atomic E-state index is 0.109. The fraction of sp³-hybridized carbons (Fsp3) is 0.136. The van der Waals surface area contributed by atoms with E-state index >= 15 is 0 Å². The van der Waals surface area contributed by atoms with E-state index in [9.17, 15) is 13.2 Å². The number of anilines is 3. The number of hydrogen-bond donors (Lipinski definition) is 1. The molecule has 0 aromatic heterocycles. The highest BCUT2D eigenvalue weighted by Crippen LogP contribution is 2.23. The van der Waals surface area contributed by atoms with Gasteiger partial charge in [-0.05, 0) is 42.5 Å². The summed E-state index contributed by atoms with van der Waals surface area (Å²) < 4.78 is 27.1.